The van der Waals surface area contributed by atoms with Crippen LogP contribution in [0.5, 0.6) is 0 Å². The van der Waals surface area contributed by atoms with E-state index in [9.17, 15) is 4.79 Å². The number of carbonyl (C=O) groups excluding carboxylic acids is 1. The molecule has 0 bridgehead atoms. The van der Waals surface area contributed by atoms with Crippen LogP contribution in [0.2, 0.25) is 0 Å². The van der Waals surface area contributed by atoms with Gasteiger partial charge in [-0.15, -0.1) is 0 Å². The van der Waals surface area contributed by atoms with Crippen LogP contribution in [0.4, 0.5) is 0 Å². The SMILES string of the molecule is CCCCON1CCCC1C(=O)NCC(OC)OC. The highest BCUT2D eigenvalue weighted by Gasteiger charge is 2.31. The second-order valence-corrected chi connectivity index (χ2v) is 4.63. The zero-order valence-corrected chi connectivity index (χ0v) is 12.2. The third kappa shape index (κ3) is 5.44. The van der Waals surface area contributed by atoms with Crippen molar-refractivity contribution >= 4 is 5.91 Å². The zero-order chi connectivity index (χ0) is 14.1. The maximum absolute atomic E-state index is 12.1. The van der Waals surface area contributed by atoms with Crippen LogP contribution in [0.3, 0.4) is 0 Å². The van der Waals surface area contributed by atoms with E-state index >= 15 is 0 Å². The summed E-state index contributed by atoms with van der Waals surface area (Å²) in [5.41, 5.74) is 0. The first-order valence-electron chi connectivity index (χ1n) is 6.95. The van der Waals surface area contributed by atoms with Gasteiger partial charge < -0.3 is 14.8 Å². The molecule has 1 saturated heterocycles. The Morgan fingerprint density at radius 2 is 2.16 bits per heavy atom. The standard InChI is InChI=1S/C13H26N2O4/c1-4-5-9-19-15-8-6-7-11(15)13(16)14-10-12(17-2)18-3/h11-12H,4-10H2,1-3H3,(H,14,16). The van der Waals surface area contributed by atoms with Gasteiger partial charge in [-0.1, -0.05) is 13.3 Å². The van der Waals surface area contributed by atoms with Crippen molar-refractivity contribution < 1.29 is 19.1 Å². The number of rotatable bonds is 9. The van der Waals surface area contributed by atoms with Crippen molar-refractivity contribution in [2.45, 2.75) is 44.9 Å². The summed E-state index contributed by atoms with van der Waals surface area (Å²) >= 11 is 0. The number of carbonyl (C=O) groups is 1. The summed E-state index contributed by atoms with van der Waals surface area (Å²) in [6.45, 7) is 3.97. The third-order valence-corrected chi connectivity index (χ3v) is 3.23. The maximum Gasteiger partial charge on any atom is 0.239 e. The smallest absolute Gasteiger partial charge is 0.239 e. The number of nitrogens with zero attached hydrogens (tertiary/aromatic N) is 1. The predicted molar refractivity (Wildman–Crippen MR) is 71.4 cm³/mol. The van der Waals surface area contributed by atoms with E-state index in [4.69, 9.17) is 14.3 Å². The van der Waals surface area contributed by atoms with E-state index < -0.39 is 6.29 Å². The Morgan fingerprint density at radius 3 is 2.79 bits per heavy atom. The summed E-state index contributed by atoms with van der Waals surface area (Å²) in [7, 11) is 3.10. The van der Waals surface area contributed by atoms with Gasteiger partial charge in [-0.2, -0.15) is 5.06 Å². The van der Waals surface area contributed by atoms with Crippen molar-refractivity contribution in [3.05, 3.63) is 0 Å². The molecule has 1 unspecified atom stereocenters. The average Bonchev–Trinajstić information content (AvgIpc) is 2.88. The number of unbranched alkanes of at least 4 members (excludes halogenated alkanes) is 1. The number of methoxy groups -OCH3 is 2. The molecule has 112 valence electrons. The summed E-state index contributed by atoms with van der Waals surface area (Å²) in [6.07, 6.45) is 3.53. The molecule has 0 radical (unpaired) electrons. The summed E-state index contributed by atoms with van der Waals surface area (Å²) in [5.74, 6) is -0.0203. The van der Waals surface area contributed by atoms with Gasteiger partial charge in [0.2, 0.25) is 5.91 Å². The molecule has 1 aliphatic heterocycles. The van der Waals surface area contributed by atoms with Crippen LogP contribution in [0.1, 0.15) is 32.6 Å². The lowest BCUT2D eigenvalue weighted by molar-refractivity contribution is -0.178. The molecule has 6 heteroatoms. The fourth-order valence-corrected chi connectivity index (χ4v) is 2.05. The van der Waals surface area contributed by atoms with Gasteiger partial charge >= 0.3 is 0 Å². The Morgan fingerprint density at radius 1 is 1.42 bits per heavy atom. The molecule has 1 aliphatic rings. The highest BCUT2D eigenvalue weighted by Crippen LogP contribution is 2.17. The van der Waals surface area contributed by atoms with E-state index in [1.807, 2.05) is 0 Å². The molecule has 1 heterocycles. The molecule has 1 atom stereocenters. The maximum atomic E-state index is 12.1. The average molecular weight is 274 g/mol. The monoisotopic (exact) mass is 274 g/mol. The van der Waals surface area contributed by atoms with Gasteiger partial charge in [0, 0.05) is 20.8 Å². The molecule has 1 rings (SSSR count). The van der Waals surface area contributed by atoms with E-state index in [0.717, 1.165) is 32.2 Å². The minimum absolute atomic E-state index is 0.0203. The molecule has 0 aromatic heterocycles. The predicted octanol–water partition coefficient (Wildman–Crippen LogP) is 0.918. The molecule has 1 amide bonds. The Bertz CT molecular complexity index is 259. The second-order valence-electron chi connectivity index (χ2n) is 4.63. The summed E-state index contributed by atoms with van der Waals surface area (Å²) in [5, 5.41) is 4.64. The van der Waals surface area contributed by atoms with Crippen LogP contribution in [-0.2, 0) is 19.1 Å². The van der Waals surface area contributed by atoms with Gasteiger partial charge in [0.05, 0.1) is 13.2 Å². The number of ether oxygens (including phenoxy) is 2. The van der Waals surface area contributed by atoms with Crippen molar-refractivity contribution in [3.8, 4) is 0 Å². The molecule has 0 saturated carbocycles. The molecule has 1 N–H and O–H groups in total. The molecule has 6 nitrogen and oxygen atoms in total. The number of hydroxylamine groups is 2. The van der Waals surface area contributed by atoms with Crippen molar-refractivity contribution in [2.75, 3.05) is 33.9 Å². The van der Waals surface area contributed by atoms with E-state index in [2.05, 4.69) is 12.2 Å². The fraction of sp³-hybridized carbons (Fsp3) is 0.923. The van der Waals surface area contributed by atoms with E-state index in [1.54, 1.807) is 19.3 Å². The van der Waals surface area contributed by atoms with Crippen molar-refractivity contribution in [3.63, 3.8) is 0 Å². The van der Waals surface area contributed by atoms with Crippen molar-refractivity contribution in [2.24, 2.45) is 0 Å². The molecule has 0 aliphatic carbocycles. The Hall–Kier alpha value is -0.690. The van der Waals surface area contributed by atoms with Gasteiger partial charge in [0.1, 0.15) is 6.04 Å². The molecular weight excluding hydrogens is 248 g/mol. The normalized spacial score (nSPS) is 20.1. The van der Waals surface area contributed by atoms with Crippen molar-refractivity contribution in [1.29, 1.82) is 0 Å². The molecule has 0 aromatic rings. The largest absolute Gasteiger partial charge is 0.354 e. The van der Waals surface area contributed by atoms with Gasteiger partial charge in [0.25, 0.3) is 0 Å². The second kappa shape index (κ2) is 9.25. The topological polar surface area (TPSA) is 60.0 Å². The third-order valence-electron chi connectivity index (χ3n) is 3.23. The number of amides is 1. The first kappa shape index (κ1) is 16.4. The molecule has 0 spiro atoms. The minimum atomic E-state index is -0.403. The van der Waals surface area contributed by atoms with E-state index in [1.165, 1.54) is 0 Å². The Labute approximate surface area is 115 Å². The van der Waals surface area contributed by atoms with Crippen LogP contribution in [-0.4, -0.2) is 57.2 Å². The lowest BCUT2D eigenvalue weighted by atomic mass is 10.2. The zero-order valence-electron chi connectivity index (χ0n) is 12.2. The van der Waals surface area contributed by atoms with E-state index in [-0.39, 0.29) is 11.9 Å². The number of hydrogen-bond acceptors (Lipinski definition) is 5. The van der Waals surface area contributed by atoms with Gasteiger partial charge in [0.15, 0.2) is 6.29 Å². The first-order valence-corrected chi connectivity index (χ1v) is 6.95. The van der Waals surface area contributed by atoms with Crippen molar-refractivity contribution in [1.82, 2.24) is 10.4 Å². The molecule has 19 heavy (non-hydrogen) atoms. The highest BCUT2D eigenvalue weighted by molar-refractivity contribution is 5.81. The summed E-state index contributed by atoms with van der Waals surface area (Å²) < 4.78 is 10.1. The summed E-state index contributed by atoms with van der Waals surface area (Å²) in [6, 6.07) is -0.189. The number of hydrogen-bond donors (Lipinski definition) is 1. The lowest BCUT2D eigenvalue weighted by Crippen LogP contribution is -2.45. The van der Waals surface area contributed by atoms with Crippen LogP contribution < -0.4 is 5.32 Å². The molecule has 0 aromatic carbocycles. The van der Waals surface area contributed by atoms with Gasteiger partial charge in [-0.3, -0.25) is 9.63 Å². The Kier molecular flexibility index (Phi) is 7.97. The van der Waals surface area contributed by atoms with Gasteiger partial charge in [-0.05, 0) is 19.3 Å². The Balaban J connectivity index is 2.33. The number of nitrogens with one attached hydrogen (secondary N) is 1. The quantitative estimate of drug-likeness (QED) is 0.500. The minimum Gasteiger partial charge on any atom is -0.354 e. The lowest BCUT2D eigenvalue weighted by Gasteiger charge is -2.23. The van der Waals surface area contributed by atoms with E-state index in [0.29, 0.717) is 13.2 Å². The van der Waals surface area contributed by atoms with Gasteiger partial charge in [-0.25, -0.2) is 0 Å². The molecular formula is C13H26N2O4. The van der Waals surface area contributed by atoms with Crippen LogP contribution in [0, 0.1) is 0 Å². The van der Waals surface area contributed by atoms with Crippen LogP contribution in [0.15, 0.2) is 0 Å². The highest BCUT2D eigenvalue weighted by atomic mass is 16.7. The fourth-order valence-electron chi connectivity index (χ4n) is 2.05. The summed E-state index contributed by atoms with van der Waals surface area (Å²) in [4.78, 5) is 17.7. The van der Waals surface area contributed by atoms with Crippen LogP contribution >= 0.6 is 0 Å². The molecule has 1 fully saturated rings. The first-order chi connectivity index (χ1) is 9.22. The van der Waals surface area contributed by atoms with Crippen LogP contribution in [0.25, 0.3) is 0 Å².